The molecule has 6 heteroatoms. The molecular formula is C23H31ClN4S. The molecule has 1 aliphatic heterocycles. The lowest BCUT2D eigenvalue weighted by Gasteiger charge is -2.50. The Bertz CT molecular complexity index is 850. The summed E-state index contributed by atoms with van der Waals surface area (Å²) in [5, 5.41) is 8.63. The van der Waals surface area contributed by atoms with Gasteiger partial charge in [-0.3, -0.25) is 4.98 Å². The van der Waals surface area contributed by atoms with Crippen LogP contribution in [0.3, 0.4) is 0 Å². The van der Waals surface area contributed by atoms with Crippen LogP contribution >= 0.6 is 23.8 Å². The van der Waals surface area contributed by atoms with Gasteiger partial charge in [-0.25, -0.2) is 0 Å². The van der Waals surface area contributed by atoms with Crippen molar-refractivity contribution in [3.8, 4) is 0 Å². The molecule has 2 N–H and O–H groups in total. The number of halogens is 1. The predicted molar refractivity (Wildman–Crippen MR) is 127 cm³/mol. The zero-order chi connectivity index (χ0) is 21.2. The molecule has 0 radical (unpaired) electrons. The SMILES string of the molecule is Cc1ccc(NC(=S)N(Cc2cccnc2)C2CC(C)(C)NC(C)(C)C2)cc1Cl. The molecule has 1 aromatic carbocycles. The van der Waals surface area contributed by atoms with Gasteiger partial charge in [-0.1, -0.05) is 23.7 Å². The van der Waals surface area contributed by atoms with Crippen LogP contribution in [0.25, 0.3) is 0 Å². The summed E-state index contributed by atoms with van der Waals surface area (Å²) in [5.74, 6) is 0. The largest absolute Gasteiger partial charge is 0.342 e. The standard InChI is InChI=1S/C23H31ClN4S/c1-16-8-9-18(11-20(16)24)26-21(29)28(15-17-7-6-10-25-14-17)19-12-22(2,3)27-23(4,5)13-19/h6-11,14,19,27H,12-13,15H2,1-5H3,(H,26,29). The molecule has 0 spiro atoms. The Morgan fingerprint density at radius 1 is 1.24 bits per heavy atom. The predicted octanol–water partition coefficient (Wildman–Crippen LogP) is 5.55. The molecule has 0 unspecified atom stereocenters. The summed E-state index contributed by atoms with van der Waals surface area (Å²) in [7, 11) is 0. The van der Waals surface area contributed by atoms with Crippen molar-refractivity contribution in [3.05, 3.63) is 58.9 Å². The van der Waals surface area contributed by atoms with E-state index < -0.39 is 0 Å². The van der Waals surface area contributed by atoms with E-state index in [4.69, 9.17) is 23.8 Å². The Balaban J connectivity index is 1.87. The van der Waals surface area contributed by atoms with Crippen molar-refractivity contribution < 1.29 is 0 Å². The Morgan fingerprint density at radius 2 is 1.93 bits per heavy atom. The van der Waals surface area contributed by atoms with Gasteiger partial charge in [0.05, 0.1) is 0 Å². The van der Waals surface area contributed by atoms with Gasteiger partial charge in [0.2, 0.25) is 0 Å². The number of aryl methyl sites for hydroxylation is 1. The average Bonchev–Trinajstić information content (AvgIpc) is 2.61. The maximum Gasteiger partial charge on any atom is 0.173 e. The molecule has 1 aliphatic rings. The molecule has 4 nitrogen and oxygen atoms in total. The van der Waals surface area contributed by atoms with Crippen LogP contribution in [0.2, 0.25) is 5.02 Å². The Hall–Kier alpha value is -1.69. The quantitative estimate of drug-likeness (QED) is 0.622. The number of benzene rings is 1. The maximum atomic E-state index is 6.32. The highest BCUT2D eigenvalue weighted by Crippen LogP contribution is 2.33. The number of rotatable bonds is 4. The van der Waals surface area contributed by atoms with Crippen LogP contribution in [0.1, 0.15) is 51.7 Å². The fraction of sp³-hybridized carbons (Fsp3) is 0.478. The molecule has 0 bridgehead atoms. The lowest BCUT2D eigenvalue weighted by molar-refractivity contribution is 0.101. The maximum absolute atomic E-state index is 6.32. The third-order valence-electron chi connectivity index (χ3n) is 5.37. The number of hydrogen-bond acceptors (Lipinski definition) is 3. The number of hydrogen-bond donors (Lipinski definition) is 2. The summed E-state index contributed by atoms with van der Waals surface area (Å²) in [5.41, 5.74) is 3.17. The van der Waals surface area contributed by atoms with Crippen LogP contribution in [0.5, 0.6) is 0 Å². The van der Waals surface area contributed by atoms with E-state index in [1.165, 1.54) is 0 Å². The zero-order valence-corrected chi connectivity index (χ0v) is 19.5. The number of aromatic nitrogens is 1. The molecule has 0 saturated carbocycles. The van der Waals surface area contributed by atoms with Crippen LogP contribution in [-0.2, 0) is 6.54 Å². The van der Waals surface area contributed by atoms with Crippen LogP contribution in [0.4, 0.5) is 5.69 Å². The van der Waals surface area contributed by atoms with E-state index in [1.807, 2.05) is 37.4 Å². The lowest BCUT2D eigenvalue weighted by atomic mass is 9.79. The summed E-state index contributed by atoms with van der Waals surface area (Å²) in [6, 6.07) is 10.3. The summed E-state index contributed by atoms with van der Waals surface area (Å²) in [6.45, 7) is 11.8. The fourth-order valence-electron chi connectivity index (χ4n) is 4.41. The Kier molecular flexibility index (Phi) is 6.51. The highest BCUT2D eigenvalue weighted by molar-refractivity contribution is 7.80. The summed E-state index contributed by atoms with van der Waals surface area (Å²) < 4.78 is 0. The topological polar surface area (TPSA) is 40.2 Å². The molecule has 29 heavy (non-hydrogen) atoms. The molecule has 0 aliphatic carbocycles. The van der Waals surface area contributed by atoms with Crippen LogP contribution in [0.15, 0.2) is 42.7 Å². The zero-order valence-electron chi connectivity index (χ0n) is 17.9. The van der Waals surface area contributed by atoms with Crippen molar-refractivity contribution in [1.82, 2.24) is 15.2 Å². The number of piperidine rings is 1. The van der Waals surface area contributed by atoms with Crippen molar-refractivity contribution in [2.24, 2.45) is 0 Å². The van der Waals surface area contributed by atoms with E-state index in [9.17, 15) is 0 Å². The Labute approximate surface area is 185 Å². The van der Waals surface area contributed by atoms with Gasteiger partial charge >= 0.3 is 0 Å². The number of anilines is 1. The van der Waals surface area contributed by atoms with Crippen molar-refractivity contribution in [2.45, 2.75) is 71.1 Å². The van der Waals surface area contributed by atoms with Crippen molar-refractivity contribution in [3.63, 3.8) is 0 Å². The first-order valence-electron chi connectivity index (χ1n) is 10.1. The van der Waals surface area contributed by atoms with Crippen LogP contribution in [-0.4, -0.2) is 32.1 Å². The normalized spacial score (nSPS) is 18.3. The van der Waals surface area contributed by atoms with Gasteiger partial charge in [-0.15, -0.1) is 0 Å². The van der Waals surface area contributed by atoms with E-state index in [0.29, 0.717) is 11.2 Å². The third kappa shape index (κ3) is 5.91. The Morgan fingerprint density at radius 3 is 2.52 bits per heavy atom. The molecule has 0 atom stereocenters. The third-order valence-corrected chi connectivity index (χ3v) is 6.11. The monoisotopic (exact) mass is 430 g/mol. The highest BCUT2D eigenvalue weighted by atomic mass is 35.5. The van der Waals surface area contributed by atoms with Crippen LogP contribution in [0, 0.1) is 6.92 Å². The molecule has 3 rings (SSSR count). The fourth-order valence-corrected chi connectivity index (χ4v) is 4.92. The molecule has 1 fully saturated rings. The molecule has 1 aromatic heterocycles. The molecule has 0 amide bonds. The van der Waals surface area contributed by atoms with E-state index in [2.05, 4.69) is 54.3 Å². The second kappa shape index (κ2) is 8.58. The number of pyridine rings is 1. The van der Waals surface area contributed by atoms with Gasteiger partial charge in [-0.2, -0.15) is 0 Å². The van der Waals surface area contributed by atoms with Gasteiger partial charge in [0.1, 0.15) is 0 Å². The second-order valence-corrected chi connectivity index (χ2v) is 10.1. The molecule has 2 heterocycles. The van der Waals surface area contributed by atoms with Crippen LogP contribution < -0.4 is 10.6 Å². The minimum atomic E-state index is 0.0301. The number of nitrogens with one attached hydrogen (secondary N) is 2. The van der Waals surface area contributed by atoms with E-state index >= 15 is 0 Å². The van der Waals surface area contributed by atoms with Gasteiger partial charge in [0, 0.05) is 46.8 Å². The molecule has 1 saturated heterocycles. The van der Waals surface area contributed by atoms with E-state index in [1.54, 1.807) is 6.20 Å². The van der Waals surface area contributed by atoms with Crippen molar-refractivity contribution in [1.29, 1.82) is 0 Å². The minimum Gasteiger partial charge on any atom is -0.342 e. The van der Waals surface area contributed by atoms with E-state index in [-0.39, 0.29) is 11.1 Å². The first-order chi connectivity index (χ1) is 13.5. The van der Waals surface area contributed by atoms with Gasteiger partial charge in [0.25, 0.3) is 0 Å². The minimum absolute atomic E-state index is 0.0301. The lowest BCUT2D eigenvalue weighted by Crippen LogP contribution is -2.63. The summed E-state index contributed by atoms with van der Waals surface area (Å²) >= 11 is 12.2. The first-order valence-corrected chi connectivity index (χ1v) is 10.9. The van der Waals surface area contributed by atoms with Gasteiger partial charge in [0.15, 0.2) is 5.11 Å². The molecule has 2 aromatic rings. The van der Waals surface area contributed by atoms with Gasteiger partial charge < -0.3 is 15.5 Å². The summed E-state index contributed by atoms with van der Waals surface area (Å²) in [4.78, 5) is 6.59. The molecule has 156 valence electrons. The number of nitrogens with zero attached hydrogens (tertiary/aromatic N) is 2. The van der Waals surface area contributed by atoms with Gasteiger partial charge in [-0.05, 0) is 89.0 Å². The first kappa shape index (κ1) is 22.0. The summed E-state index contributed by atoms with van der Waals surface area (Å²) in [6.07, 6.45) is 5.73. The van der Waals surface area contributed by atoms with E-state index in [0.717, 1.165) is 41.2 Å². The molecular weight excluding hydrogens is 400 g/mol. The van der Waals surface area contributed by atoms with Crippen molar-refractivity contribution >= 4 is 34.6 Å². The highest BCUT2D eigenvalue weighted by Gasteiger charge is 2.40. The average molecular weight is 431 g/mol. The second-order valence-electron chi connectivity index (χ2n) is 9.34. The number of thiocarbonyl (C=S) groups is 1. The van der Waals surface area contributed by atoms with Crippen molar-refractivity contribution in [2.75, 3.05) is 5.32 Å². The smallest absolute Gasteiger partial charge is 0.173 e.